The molecule has 0 aromatic heterocycles. The summed E-state index contributed by atoms with van der Waals surface area (Å²) in [5, 5.41) is 0.196. The van der Waals surface area contributed by atoms with Gasteiger partial charge in [0.2, 0.25) is 0 Å². The van der Waals surface area contributed by atoms with Gasteiger partial charge in [0, 0.05) is 5.02 Å². The highest BCUT2D eigenvalue weighted by Crippen LogP contribution is 2.38. The maximum absolute atomic E-state index is 12.8. The third kappa shape index (κ3) is 4.47. The minimum absolute atomic E-state index is 0.344. The first-order valence-electron chi connectivity index (χ1n) is 8.48. The lowest BCUT2D eigenvalue weighted by Crippen LogP contribution is -2.27. The Kier molecular flexibility index (Phi) is 6.90. The van der Waals surface area contributed by atoms with E-state index < -0.39 is 0 Å². The van der Waals surface area contributed by atoms with Crippen LogP contribution in [0, 0.1) is 3.57 Å². The Morgan fingerprint density at radius 2 is 1.93 bits per heavy atom. The number of anilines is 1. The van der Waals surface area contributed by atoms with E-state index in [0.717, 1.165) is 32.2 Å². The summed E-state index contributed by atoms with van der Waals surface area (Å²) in [6, 6.07) is 10.3. The van der Waals surface area contributed by atoms with Crippen LogP contribution in [0.15, 0.2) is 41.3 Å². The summed E-state index contributed by atoms with van der Waals surface area (Å²) in [4.78, 5) is 26.7. The van der Waals surface area contributed by atoms with Crippen LogP contribution in [0.1, 0.15) is 18.9 Å². The van der Waals surface area contributed by atoms with Crippen molar-refractivity contribution >= 4 is 68.9 Å². The third-order valence-electron chi connectivity index (χ3n) is 3.88. The molecule has 0 radical (unpaired) electrons. The van der Waals surface area contributed by atoms with E-state index in [2.05, 4.69) is 22.6 Å². The van der Waals surface area contributed by atoms with Crippen LogP contribution in [0.2, 0.25) is 5.02 Å². The average Bonchev–Trinajstić information content (AvgIpc) is 2.94. The second kappa shape index (κ2) is 9.19. The van der Waals surface area contributed by atoms with E-state index in [1.165, 1.54) is 0 Å². The molecule has 1 saturated heterocycles. The van der Waals surface area contributed by atoms with Crippen molar-refractivity contribution in [2.24, 2.45) is 0 Å². The predicted octanol–water partition coefficient (Wildman–Crippen LogP) is 5.98. The number of ether oxygens (including phenoxy) is 2. The highest BCUT2D eigenvalue weighted by molar-refractivity contribution is 14.1. The Bertz CT molecular complexity index is 946. The van der Waals surface area contributed by atoms with E-state index in [9.17, 15) is 9.59 Å². The molecule has 2 aromatic rings. The summed E-state index contributed by atoms with van der Waals surface area (Å²) in [6.45, 7) is 2.62. The summed E-state index contributed by atoms with van der Waals surface area (Å²) in [6.07, 6.45) is 2.58. The smallest absolute Gasteiger partial charge is 0.298 e. The molecular weight excluding hydrogens is 513 g/mol. The van der Waals surface area contributed by atoms with Gasteiger partial charge in [0.1, 0.15) is 0 Å². The molecule has 0 N–H and O–H groups in total. The number of hydrogen-bond donors (Lipinski definition) is 0. The van der Waals surface area contributed by atoms with Crippen molar-refractivity contribution in [3.05, 3.63) is 55.5 Å². The van der Waals surface area contributed by atoms with Crippen LogP contribution in [0.4, 0.5) is 10.5 Å². The fourth-order valence-electron chi connectivity index (χ4n) is 2.60. The van der Waals surface area contributed by atoms with Crippen molar-refractivity contribution in [1.82, 2.24) is 0 Å². The molecule has 3 rings (SSSR count). The van der Waals surface area contributed by atoms with Gasteiger partial charge in [-0.05, 0) is 88.8 Å². The van der Waals surface area contributed by atoms with Crippen LogP contribution in [0.5, 0.6) is 11.5 Å². The van der Waals surface area contributed by atoms with Crippen LogP contribution < -0.4 is 14.4 Å². The number of methoxy groups -OCH3 is 1. The van der Waals surface area contributed by atoms with Crippen molar-refractivity contribution < 1.29 is 19.1 Å². The highest BCUT2D eigenvalue weighted by Gasteiger charge is 2.36. The lowest BCUT2D eigenvalue weighted by atomic mass is 10.1. The normalized spacial score (nSPS) is 15.4. The average molecular weight is 530 g/mol. The van der Waals surface area contributed by atoms with E-state index in [4.69, 9.17) is 21.1 Å². The van der Waals surface area contributed by atoms with Crippen molar-refractivity contribution in [1.29, 1.82) is 0 Å². The van der Waals surface area contributed by atoms with Gasteiger partial charge in [-0.2, -0.15) is 0 Å². The molecule has 1 heterocycles. The zero-order valence-corrected chi connectivity index (χ0v) is 18.9. The molecule has 1 aliphatic heterocycles. The Balaban J connectivity index is 1.91. The Morgan fingerprint density at radius 3 is 2.57 bits per heavy atom. The minimum Gasteiger partial charge on any atom is -0.493 e. The number of imide groups is 1. The van der Waals surface area contributed by atoms with Gasteiger partial charge in [-0.15, -0.1) is 0 Å². The van der Waals surface area contributed by atoms with Crippen LogP contribution in [0.25, 0.3) is 6.08 Å². The van der Waals surface area contributed by atoms with Gasteiger partial charge in [0.15, 0.2) is 11.5 Å². The molecule has 0 aliphatic carbocycles. The molecule has 2 aromatic carbocycles. The van der Waals surface area contributed by atoms with E-state index in [0.29, 0.717) is 33.7 Å². The minimum atomic E-state index is -0.363. The molecule has 1 aliphatic rings. The Labute approximate surface area is 186 Å². The summed E-state index contributed by atoms with van der Waals surface area (Å²) in [7, 11) is 1.57. The first-order chi connectivity index (χ1) is 13.4. The van der Waals surface area contributed by atoms with Crippen LogP contribution in [0.3, 0.4) is 0 Å². The first kappa shape index (κ1) is 21.0. The number of carbonyl (C=O) groups excluding carboxylic acids is 2. The van der Waals surface area contributed by atoms with Crippen LogP contribution >= 0.6 is 46.0 Å². The van der Waals surface area contributed by atoms with Gasteiger partial charge in [0.25, 0.3) is 11.1 Å². The summed E-state index contributed by atoms with van der Waals surface area (Å²) < 4.78 is 12.1. The molecule has 2 amide bonds. The van der Waals surface area contributed by atoms with E-state index in [1.807, 2.05) is 13.0 Å². The SMILES string of the molecule is CCCOc1c(I)cc(/C=C2/SC(=O)N(c3ccc(Cl)cc3)C2=O)cc1OC. The highest BCUT2D eigenvalue weighted by atomic mass is 127. The number of rotatable bonds is 6. The number of halogens is 2. The molecular formula is C20H17ClINO4S. The fourth-order valence-corrected chi connectivity index (χ4v) is 4.35. The second-order valence-electron chi connectivity index (χ2n) is 5.88. The summed E-state index contributed by atoms with van der Waals surface area (Å²) in [5.41, 5.74) is 1.25. The number of amides is 2. The number of benzene rings is 2. The van der Waals surface area contributed by atoms with Gasteiger partial charge in [-0.1, -0.05) is 18.5 Å². The maximum Gasteiger partial charge on any atom is 0.298 e. The molecule has 0 spiro atoms. The molecule has 0 atom stereocenters. The van der Waals surface area contributed by atoms with Gasteiger partial charge >= 0.3 is 0 Å². The van der Waals surface area contributed by atoms with Gasteiger partial charge in [-0.3, -0.25) is 9.59 Å². The van der Waals surface area contributed by atoms with Crippen LogP contribution in [-0.2, 0) is 4.79 Å². The molecule has 5 nitrogen and oxygen atoms in total. The largest absolute Gasteiger partial charge is 0.493 e. The zero-order valence-electron chi connectivity index (χ0n) is 15.2. The summed E-state index contributed by atoms with van der Waals surface area (Å²) in [5.74, 6) is 0.900. The summed E-state index contributed by atoms with van der Waals surface area (Å²) >= 11 is 8.96. The molecule has 146 valence electrons. The lowest BCUT2D eigenvalue weighted by Gasteiger charge is -2.13. The first-order valence-corrected chi connectivity index (χ1v) is 10.8. The van der Waals surface area contributed by atoms with Crippen molar-refractivity contribution in [3.63, 3.8) is 0 Å². The molecule has 0 bridgehead atoms. The number of nitrogens with zero attached hydrogens (tertiary/aromatic N) is 1. The fraction of sp³-hybridized carbons (Fsp3) is 0.200. The standard InChI is InChI=1S/C20H17ClINO4S/c1-3-8-27-18-15(22)9-12(10-16(18)26-2)11-17-19(24)23(20(25)28-17)14-6-4-13(21)5-7-14/h4-7,9-11H,3,8H2,1-2H3/b17-11+. The molecule has 8 heteroatoms. The van der Waals surface area contributed by atoms with Crippen molar-refractivity contribution in [2.45, 2.75) is 13.3 Å². The molecule has 0 unspecified atom stereocenters. The molecule has 1 fully saturated rings. The van der Waals surface area contributed by atoms with Crippen molar-refractivity contribution in [2.75, 3.05) is 18.6 Å². The topological polar surface area (TPSA) is 55.8 Å². The van der Waals surface area contributed by atoms with E-state index in [-0.39, 0.29) is 11.1 Å². The van der Waals surface area contributed by atoms with Gasteiger partial charge in [-0.25, -0.2) is 4.90 Å². The molecule has 28 heavy (non-hydrogen) atoms. The zero-order chi connectivity index (χ0) is 20.3. The number of carbonyl (C=O) groups is 2. The third-order valence-corrected chi connectivity index (χ3v) is 5.80. The number of hydrogen-bond acceptors (Lipinski definition) is 5. The second-order valence-corrected chi connectivity index (χ2v) is 8.47. The molecule has 0 saturated carbocycles. The van der Waals surface area contributed by atoms with E-state index in [1.54, 1.807) is 43.5 Å². The van der Waals surface area contributed by atoms with E-state index >= 15 is 0 Å². The quantitative estimate of drug-likeness (QED) is 0.340. The van der Waals surface area contributed by atoms with Gasteiger partial charge < -0.3 is 9.47 Å². The Hall–Kier alpha value is -1.71. The maximum atomic E-state index is 12.8. The van der Waals surface area contributed by atoms with Gasteiger partial charge in [0.05, 0.1) is 27.9 Å². The van der Waals surface area contributed by atoms with Crippen molar-refractivity contribution in [3.8, 4) is 11.5 Å². The Morgan fingerprint density at radius 1 is 1.21 bits per heavy atom. The number of thioether (sulfide) groups is 1. The predicted molar refractivity (Wildman–Crippen MR) is 121 cm³/mol. The monoisotopic (exact) mass is 529 g/mol. The van der Waals surface area contributed by atoms with Crippen LogP contribution in [-0.4, -0.2) is 24.9 Å². The lowest BCUT2D eigenvalue weighted by molar-refractivity contribution is -0.113.